The van der Waals surface area contributed by atoms with E-state index < -0.39 is 0 Å². The predicted octanol–water partition coefficient (Wildman–Crippen LogP) is 2.79. The first-order valence-corrected chi connectivity index (χ1v) is 8.39. The third kappa shape index (κ3) is 3.71. The minimum absolute atomic E-state index is 0.0838. The zero-order valence-electron chi connectivity index (χ0n) is 14.5. The molecule has 2 aromatic rings. The van der Waals surface area contributed by atoms with Gasteiger partial charge in [-0.3, -0.25) is 4.79 Å². The van der Waals surface area contributed by atoms with E-state index in [9.17, 15) is 9.18 Å². The Bertz CT molecular complexity index is 721. The van der Waals surface area contributed by atoms with Crippen molar-refractivity contribution in [1.82, 2.24) is 15.0 Å². The van der Waals surface area contributed by atoms with Gasteiger partial charge in [-0.15, -0.1) is 0 Å². The number of likely N-dealkylation sites (tertiary alicyclic amines) is 1. The van der Waals surface area contributed by atoms with Gasteiger partial charge < -0.3 is 14.2 Å². The third-order valence-corrected chi connectivity index (χ3v) is 4.94. The fraction of sp³-hybridized carbons (Fsp3) is 0.500. The molecule has 1 saturated heterocycles. The largest absolute Gasteiger partial charge is 0.385 e. The number of methoxy groups -OCH3 is 1. The minimum atomic E-state index is -0.309. The molecule has 0 radical (unpaired) electrons. The standard InChI is InChI=1S/C18H22FN3O3/c1-13(23)22-10-7-18(8-11-22,9-12-24-2)17-20-16(25-21-17)14-3-5-15(19)6-4-14/h3-6H,7-12H2,1-2H3. The summed E-state index contributed by atoms with van der Waals surface area (Å²) in [5, 5.41) is 4.19. The van der Waals surface area contributed by atoms with Gasteiger partial charge >= 0.3 is 0 Å². The molecule has 1 aliphatic rings. The van der Waals surface area contributed by atoms with Gasteiger partial charge in [0.05, 0.1) is 0 Å². The molecule has 0 spiro atoms. The number of piperidine rings is 1. The minimum Gasteiger partial charge on any atom is -0.385 e. The Labute approximate surface area is 146 Å². The molecule has 3 rings (SSSR count). The molecule has 134 valence electrons. The second-order valence-electron chi connectivity index (χ2n) is 6.46. The normalized spacial score (nSPS) is 16.8. The number of rotatable bonds is 5. The fourth-order valence-corrected chi connectivity index (χ4v) is 3.28. The molecule has 2 heterocycles. The Morgan fingerprint density at radius 1 is 1.32 bits per heavy atom. The van der Waals surface area contributed by atoms with Crippen LogP contribution in [0.4, 0.5) is 4.39 Å². The van der Waals surface area contributed by atoms with Crippen LogP contribution < -0.4 is 0 Å². The number of halogens is 1. The third-order valence-electron chi connectivity index (χ3n) is 4.94. The van der Waals surface area contributed by atoms with Crippen molar-refractivity contribution >= 4 is 5.91 Å². The van der Waals surface area contributed by atoms with Crippen LogP contribution in [-0.2, 0) is 14.9 Å². The maximum atomic E-state index is 13.1. The molecule has 0 aliphatic carbocycles. The Morgan fingerprint density at radius 2 is 2.00 bits per heavy atom. The van der Waals surface area contributed by atoms with Crippen molar-refractivity contribution in [3.8, 4) is 11.5 Å². The van der Waals surface area contributed by atoms with Crippen LogP contribution in [0.25, 0.3) is 11.5 Å². The van der Waals surface area contributed by atoms with Crippen LogP contribution in [0, 0.1) is 5.82 Å². The highest BCUT2D eigenvalue weighted by atomic mass is 19.1. The average Bonchev–Trinajstić information content (AvgIpc) is 3.11. The number of carbonyl (C=O) groups is 1. The summed E-state index contributed by atoms with van der Waals surface area (Å²) >= 11 is 0. The SMILES string of the molecule is COCCC1(c2noc(-c3ccc(F)cc3)n2)CCN(C(C)=O)CC1. The molecule has 25 heavy (non-hydrogen) atoms. The van der Waals surface area contributed by atoms with E-state index in [0.29, 0.717) is 37.0 Å². The number of aromatic nitrogens is 2. The van der Waals surface area contributed by atoms with E-state index in [-0.39, 0.29) is 17.1 Å². The van der Waals surface area contributed by atoms with Crippen LogP contribution in [0.2, 0.25) is 0 Å². The van der Waals surface area contributed by atoms with Gasteiger partial charge in [0.25, 0.3) is 5.89 Å². The number of nitrogens with zero attached hydrogens (tertiary/aromatic N) is 3. The van der Waals surface area contributed by atoms with Gasteiger partial charge in [0.2, 0.25) is 5.91 Å². The van der Waals surface area contributed by atoms with Gasteiger partial charge in [-0.25, -0.2) is 4.39 Å². The van der Waals surface area contributed by atoms with Crippen molar-refractivity contribution in [3.63, 3.8) is 0 Å². The molecule has 0 atom stereocenters. The van der Waals surface area contributed by atoms with E-state index in [1.54, 1.807) is 26.2 Å². The summed E-state index contributed by atoms with van der Waals surface area (Å²) in [4.78, 5) is 18.0. The molecular weight excluding hydrogens is 325 g/mol. The van der Waals surface area contributed by atoms with Gasteiger partial charge in [0.1, 0.15) is 5.82 Å². The topological polar surface area (TPSA) is 68.5 Å². The highest BCUT2D eigenvalue weighted by Crippen LogP contribution is 2.38. The van der Waals surface area contributed by atoms with Crippen LogP contribution in [0.1, 0.15) is 32.0 Å². The van der Waals surface area contributed by atoms with Crippen LogP contribution >= 0.6 is 0 Å². The number of hydrogen-bond donors (Lipinski definition) is 0. The van der Waals surface area contributed by atoms with Crippen LogP contribution in [-0.4, -0.2) is 47.8 Å². The van der Waals surface area contributed by atoms with Crippen LogP contribution in [0.3, 0.4) is 0 Å². The molecule has 1 aromatic carbocycles. The van der Waals surface area contributed by atoms with E-state index in [0.717, 1.165) is 19.3 Å². The van der Waals surface area contributed by atoms with Crippen molar-refractivity contribution in [1.29, 1.82) is 0 Å². The Hall–Kier alpha value is -2.28. The molecule has 1 aliphatic heterocycles. The lowest BCUT2D eigenvalue weighted by atomic mass is 9.75. The molecule has 0 saturated carbocycles. The highest BCUT2D eigenvalue weighted by Gasteiger charge is 2.40. The van der Waals surface area contributed by atoms with E-state index in [1.165, 1.54) is 12.1 Å². The number of ether oxygens (including phenoxy) is 1. The second kappa shape index (κ2) is 7.31. The molecule has 6 nitrogen and oxygen atoms in total. The summed E-state index contributed by atoms with van der Waals surface area (Å²) < 4.78 is 23.8. The van der Waals surface area contributed by atoms with E-state index in [1.807, 2.05) is 4.90 Å². The maximum Gasteiger partial charge on any atom is 0.257 e. The van der Waals surface area contributed by atoms with Gasteiger partial charge in [-0.1, -0.05) is 5.16 Å². The summed E-state index contributed by atoms with van der Waals surface area (Å²) in [6.45, 7) is 3.50. The van der Waals surface area contributed by atoms with Gasteiger partial charge in [0, 0.05) is 44.7 Å². The lowest BCUT2D eigenvalue weighted by Gasteiger charge is -2.39. The monoisotopic (exact) mass is 347 g/mol. The fourth-order valence-electron chi connectivity index (χ4n) is 3.28. The van der Waals surface area contributed by atoms with E-state index >= 15 is 0 Å². The summed E-state index contributed by atoms with van der Waals surface area (Å²) in [5.41, 5.74) is 0.409. The van der Waals surface area contributed by atoms with Crippen molar-refractivity contribution in [2.45, 2.75) is 31.6 Å². The van der Waals surface area contributed by atoms with Gasteiger partial charge in [-0.2, -0.15) is 4.98 Å². The predicted molar refractivity (Wildman–Crippen MR) is 89.4 cm³/mol. The zero-order valence-corrected chi connectivity index (χ0v) is 14.5. The van der Waals surface area contributed by atoms with Crippen LogP contribution in [0.5, 0.6) is 0 Å². The molecule has 1 aromatic heterocycles. The van der Waals surface area contributed by atoms with Crippen molar-refractivity contribution in [3.05, 3.63) is 35.9 Å². The first kappa shape index (κ1) is 17.5. The Kier molecular flexibility index (Phi) is 5.13. The number of amides is 1. The van der Waals surface area contributed by atoms with Crippen LogP contribution in [0.15, 0.2) is 28.8 Å². The second-order valence-corrected chi connectivity index (χ2v) is 6.46. The first-order valence-electron chi connectivity index (χ1n) is 8.39. The van der Waals surface area contributed by atoms with Crippen molar-refractivity contribution < 1.29 is 18.4 Å². The Balaban J connectivity index is 1.85. The smallest absolute Gasteiger partial charge is 0.257 e. The quantitative estimate of drug-likeness (QED) is 0.832. The molecule has 1 amide bonds. The van der Waals surface area contributed by atoms with Crippen molar-refractivity contribution in [2.75, 3.05) is 26.8 Å². The molecule has 1 fully saturated rings. The Morgan fingerprint density at radius 3 is 2.60 bits per heavy atom. The van der Waals surface area contributed by atoms with E-state index in [2.05, 4.69) is 10.1 Å². The van der Waals surface area contributed by atoms with E-state index in [4.69, 9.17) is 9.26 Å². The summed E-state index contributed by atoms with van der Waals surface area (Å²) in [6.07, 6.45) is 2.29. The first-order chi connectivity index (χ1) is 12.0. The number of carbonyl (C=O) groups excluding carboxylic acids is 1. The number of hydrogen-bond acceptors (Lipinski definition) is 5. The van der Waals surface area contributed by atoms with Gasteiger partial charge in [-0.05, 0) is 43.5 Å². The summed E-state index contributed by atoms with van der Waals surface area (Å²) in [5.74, 6) is 0.782. The zero-order chi connectivity index (χ0) is 17.9. The lowest BCUT2D eigenvalue weighted by Crippen LogP contribution is -2.45. The summed E-state index contributed by atoms with van der Waals surface area (Å²) in [7, 11) is 1.67. The van der Waals surface area contributed by atoms with Crippen molar-refractivity contribution in [2.24, 2.45) is 0 Å². The number of benzene rings is 1. The molecule has 0 bridgehead atoms. The average molecular weight is 347 g/mol. The molecule has 7 heteroatoms. The molecule has 0 unspecified atom stereocenters. The lowest BCUT2D eigenvalue weighted by molar-refractivity contribution is -0.130. The highest BCUT2D eigenvalue weighted by molar-refractivity contribution is 5.73. The van der Waals surface area contributed by atoms with Gasteiger partial charge in [0.15, 0.2) is 5.82 Å². The molecule has 0 N–H and O–H groups in total. The molecular formula is C18H22FN3O3. The maximum absolute atomic E-state index is 13.1. The summed E-state index contributed by atoms with van der Waals surface area (Å²) in [6, 6.07) is 5.97.